The van der Waals surface area contributed by atoms with E-state index in [0.29, 0.717) is 24.0 Å². The van der Waals surface area contributed by atoms with Crippen LogP contribution in [-0.4, -0.2) is 57.0 Å². The largest absolute Gasteiger partial charge is 0.381 e. The molecule has 2 aliphatic heterocycles. The lowest BCUT2D eigenvalue weighted by atomic mass is 9.87. The maximum Gasteiger partial charge on any atom is 0.0724 e. The van der Waals surface area contributed by atoms with Gasteiger partial charge in [0.1, 0.15) is 0 Å². The van der Waals surface area contributed by atoms with Crippen LogP contribution in [0.1, 0.15) is 26.2 Å². The molecule has 2 heterocycles. The van der Waals surface area contributed by atoms with E-state index < -0.39 is 0 Å². The van der Waals surface area contributed by atoms with Crippen molar-refractivity contribution in [1.29, 1.82) is 0 Å². The van der Waals surface area contributed by atoms with Crippen molar-refractivity contribution in [3.05, 3.63) is 0 Å². The molecular formula is C14H28N2O2. The molecule has 2 fully saturated rings. The van der Waals surface area contributed by atoms with Crippen LogP contribution in [0.4, 0.5) is 0 Å². The minimum absolute atomic E-state index is 0.368. The first-order chi connectivity index (χ1) is 8.76. The number of likely N-dealkylation sites (tertiary alicyclic amines) is 1. The third-order valence-corrected chi connectivity index (χ3v) is 4.74. The molecule has 0 aromatic rings. The molecular weight excluding hydrogens is 228 g/mol. The maximum atomic E-state index is 6.03. The zero-order chi connectivity index (χ0) is 13.0. The number of nitrogens with two attached hydrogens (primary N) is 1. The van der Waals surface area contributed by atoms with Crippen LogP contribution in [0.3, 0.4) is 0 Å². The quantitative estimate of drug-likeness (QED) is 0.818. The van der Waals surface area contributed by atoms with Crippen LogP contribution in [0.5, 0.6) is 0 Å². The van der Waals surface area contributed by atoms with E-state index in [2.05, 4.69) is 11.8 Å². The van der Waals surface area contributed by atoms with E-state index >= 15 is 0 Å². The fourth-order valence-corrected chi connectivity index (χ4v) is 3.41. The number of rotatable bonds is 4. The van der Waals surface area contributed by atoms with Gasteiger partial charge in [-0.3, -0.25) is 4.90 Å². The number of hydrogen-bond acceptors (Lipinski definition) is 4. The van der Waals surface area contributed by atoms with Crippen LogP contribution >= 0.6 is 0 Å². The number of nitrogens with zero attached hydrogens (tertiary/aromatic N) is 1. The second kappa shape index (κ2) is 6.85. The van der Waals surface area contributed by atoms with E-state index in [1.165, 1.54) is 13.0 Å². The van der Waals surface area contributed by atoms with Crippen molar-refractivity contribution in [1.82, 2.24) is 4.90 Å². The molecule has 2 saturated heterocycles. The topological polar surface area (TPSA) is 47.7 Å². The Morgan fingerprint density at radius 1 is 1.33 bits per heavy atom. The van der Waals surface area contributed by atoms with Gasteiger partial charge in [-0.05, 0) is 37.6 Å². The summed E-state index contributed by atoms with van der Waals surface area (Å²) in [4.78, 5) is 2.56. The highest BCUT2D eigenvalue weighted by molar-refractivity contribution is 4.87. The average molecular weight is 256 g/mol. The van der Waals surface area contributed by atoms with Crippen LogP contribution in [0.25, 0.3) is 0 Å². The Morgan fingerprint density at radius 3 is 2.67 bits per heavy atom. The lowest BCUT2D eigenvalue weighted by Crippen LogP contribution is -2.54. The predicted octanol–water partition coefficient (Wildman–Crippen LogP) is 1.10. The normalized spacial score (nSPS) is 33.5. The van der Waals surface area contributed by atoms with Gasteiger partial charge in [0.2, 0.25) is 0 Å². The highest BCUT2D eigenvalue weighted by Gasteiger charge is 2.33. The Hall–Kier alpha value is -0.160. The van der Waals surface area contributed by atoms with E-state index in [0.717, 1.165) is 39.1 Å². The second-order valence-corrected chi connectivity index (χ2v) is 5.79. The average Bonchev–Trinajstić information content (AvgIpc) is 2.42. The molecule has 0 radical (unpaired) electrons. The van der Waals surface area contributed by atoms with Crippen molar-refractivity contribution in [2.45, 2.75) is 38.3 Å². The summed E-state index contributed by atoms with van der Waals surface area (Å²) in [7, 11) is 1.83. The predicted molar refractivity (Wildman–Crippen MR) is 72.5 cm³/mol. The summed E-state index contributed by atoms with van der Waals surface area (Å²) in [5.74, 6) is 1.37. The van der Waals surface area contributed by atoms with Gasteiger partial charge in [-0.1, -0.05) is 6.92 Å². The zero-order valence-electron chi connectivity index (χ0n) is 11.8. The van der Waals surface area contributed by atoms with Crippen LogP contribution in [-0.2, 0) is 9.47 Å². The molecule has 3 unspecified atom stereocenters. The molecule has 2 aliphatic rings. The first-order valence-corrected chi connectivity index (χ1v) is 7.31. The van der Waals surface area contributed by atoms with E-state index in [1.807, 2.05) is 7.11 Å². The lowest BCUT2D eigenvalue weighted by Gasteiger charge is -2.44. The summed E-state index contributed by atoms with van der Waals surface area (Å²) in [5, 5.41) is 0. The molecule has 18 heavy (non-hydrogen) atoms. The standard InChI is InChI=1S/C14H28N2O2/c1-11-3-6-16(10-14(11)17-2)13(9-15)12-4-7-18-8-5-12/h11-14H,3-10,15H2,1-2H3. The molecule has 4 nitrogen and oxygen atoms in total. The minimum Gasteiger partial charge on any atom is -0.381 e. The van der Waals surface area contributed by atoms with Crippen LogP contribution in [0.2, 0.25) is 0 Å². The van der Waals surface area contributed by atoms with E-state index in [9.17, 15) is 0 Å². The van der Waals surface area contributed by atoms with Gasteiger partial charge in [-0.25, -0.2) is 0 Å². The van der Waals surface area contributed by atoms with Crippen LogP contribution in [0, 0.1) is 11.8 Å². The van der Waals surface area contributed by atoms with Crippen molar-refractivity contribution in [2.24, 2.45) is 17.6 Å². The zero-order valence-corrected chi connectivity index (χ0v) is 11.8. The molecule has 2 N–H and O–H groups in total. The van der Waals surface area contributed by atoms with E-state index in [4.69, 9.17) is 15.2 Å². The number of ether oxygens (including phenoxy) is 2. The third-order valence-electron chi connectivity index (χ3n) is 4.74. The summed E-state index contributed by atoms with van der Waals surface area (Å²) in [5.41, 5.74) is 6.03. The maximum absolute atomic E-state index is 6.03. The van der Waals surface area contributed by atoms with Gasteiger partial charge in [0.15, 0.2) is 0 Å². The van der Waals surface area contributed by atoms with Gasteiger partial charge < -0.3 is 15.2 Å². The van der Waals surface area contributed by atoms with Crippen LogP contribution < -0.4 is 5.73 Å². The SMILES string of the molecule is COC1CN(C(CN)C2CCOCC2)CCC1C. The molecule has 0 aromatic carbocycles. The molecule has 0 spiro atoms. The summed E-state index contributed by atoms with van der Waals surface area (Å²) in [6, 6.07) is 0.513. The molecule has 0 saturated carbocycles. The third kappa shape index (κ3) is 3.23. The molecule has 0 aliphatic carbocycles. The molecule has 0 bridgehead atoms. The summed E-state index contributed by atoms with van der Waals surface area (Å²) in [6.07, 6.45) is 3.91. The smallest absolute Gasteiger partial charge is 0.0724 e. The molecule has 106 valence electrons. The van der Waals surface area contributed by atoms with Crippen LogP contribution in [0.15, 0.2) is 0 Å². The number of hydrogen-bond donors (Lipinski definition) is 1. The van der Waals surface area contributed by atoms with Crippen molar-refractivity contribution < 1.29 is 9.47 Å². The molecule has 2 rings (SSSR count). The monoisotopic (exact) mass is 256 g/mol. The minimum atomic E-state index is 0.368. The van der Waals surface area contributed by atoms with Gasteiger partial charge in [0.25, 0.3) is 0 Å². The first-order valence-electron chi connectivity index (χ1n) is 7.31. The Balaban J connectivity index is 1.94. The first kappa shape index (κ1) is 14.3. The van der Waals surface area contributed by atoms with Crippen molar-refractivity contribution in [2.75, 3.05) is 40.0 Å². The highest BCUT2D eigenvalue weighted by atomic mass is 16.5. The molecule has 4 heteroatoms. The summed E-state index contributed by atoms with van der Waals surface area (Å²) >= 11 is 0. The Bertz CT molecular complexity index is 244. The van der Waals surface area contributed by atoms with Crippen molar-refractivity contribution in [3.63, 3.8) is 0 Å². The summed E-state index contributed by atoms with van der Waals surface area (Å²) in [6.45, 7) is 7.06. The highest BCUT2D eigenvalue weighted by Crippen LogP contribution is 2.27. The number of piperidine rings is 1. The van der Waals surface area contributed by atoms with Crippen molar-refractivity contribution in [3.8, 4) is 0 Å². The Kier molecular flexibility index (Phi) is 5.42. The Morgan fingerprint density at radius 2 is 2.06 bits per heavy atom. The van der Waals surface area contributed by atoms with Gasteiger partial charge in [0.05, 0.1) is 6.10 Å². The lowest BCUT2D eigenvalue weighted by molar-refractivity contribution is -0.0394. The van der Waals surface area contributed by atoms with E-state index in [1.54, 1.807) is 0 Å². The molecule has 0 aromatic heterocycles. The molecule has 3 atom stereocenters. The molecule has 0 amide bonds. The fourth-order valence-electron chi connectivity index (χ4n) is 3.41. The Labute approximate surface area is 111 Å². The van der Waals surface area contributed by atoms with Gasteiger partial charge in [-0.2, -0.15) is 0 Å². The van der Waals surface area contributed by atoms with Gasteiger partial charge >= 0.3 is 0 Å². The van der Waals surface area contributed by atoms with E-state index in [-0.39, 0.29) is 0 Å². The number of methoxy groups -OCH3 is 1. The second-order valence-electron chi connectivity index (χ2n) is 5.79. The summed E-state index contributed by atoms with van der Waals surface area (Å²) < 4.78 is 11.1. The fraction of sp³-hybridized carbons (Fsp3) is 1.00. The van der Waals surface area contributed by atoms with Gasteiger partial charge in [-0.15, -0.1) is 0 Å². The van der Waals surface area contributed by atoms with Crippen molar-refractivity contribution >= 4 is 0 Å². The van der Waals surface area contributed by atoms with Gasteiger partial charge in [0, 0.05) is 39.5 Å².